The van der Waals surface area contributed by atoms with E-state index in [9.17, 15) is 0 Å². The SMILES string of the molecule is N#Cc1cccc(N2CCC3CNCC32)c1. The smallest absolute Gasteiger partial charge is 0.0992 e. The summed E-state index contributed by atoms with van der Waals surface area (Å²) >= 11 is 0. The number of nitrogens with zero attached hydrogens (tertiary/aromatic N) is 2. The third-order valence-electron chi connectivity index (χ3n) is 3.75. The average Bonchev–Trinajstić information content (AvgIpc) is 2.90. The number of rotatable bonds is 1. The lowest BCUT2D eigenvalue weighted by Crippen LogP contribution is -2.34. The van der Waals surface area contributed by atoms with E-state index in [-0.39, 0.29) is 0 Å². The van der Waals surface area contributed by atoms with Crippen molar-refractivity contribution < 1.29 is 0 Å². The number of benzene rings is 1. The Bertz CT molecular complexity index is 435. The summed E-state index contributed by atoms with van der Waals surface area (Å²) in [5, 5.41) is 12.4. The summed E-state index contributed by atoms with van der Waals surface area (Å²) in [7, 11) is 0. The van der Waals surface area contributed by atoms with Gasteiger partial charge in [0.15, 0.2) is 0 Å². The summed E-state index contributed by atoms with van der Waals surface area (Å²) in [5.74, 6) is 0.797. The lowest BCUT2D eigenvalue weighted by molar-refractivity contribution is 0.578. The molecule has 0 saturated carbocycles. The molecule has 0 spiro atoms. The van der Waals surface area contributed by atoms with E-state index in [1.165, 1.54) is 12.1 Å². The van der Waals surface area contributed by atoms with Crippen molar-refractivity contribution in [1.82, 2.24) is 5.32 Å². The molecule has 0 amide bonds. The standard InChI is InChI=1S/C13H15N3/c14-7-10-2-1-3-12(6-10)16-5-4-11-8-15-9-13(11)16/h1-3,6,11,13,15H,4-5,8-9H2. The van der Waals surface area contributed by atoms with Crippen LogP contribution in [0.5, 0.6) is 0 Å². The Morgan fingerprint density at radius 1 is 1.38 bits per heavy atom. The molecular formula is C13H15N3. The van der Waals surface area contributed by atoms with Gasteiger partial charge in [-0.25, -0.2) is 0 Å². The summed E-state index contributed by atoms with van der Waals surface area (Å²) < 4.78 is 0. The molecule has 1 N–H and O–H groups in total. The Morgan fingerprint density at radius 2 is 2.31 bits per heavy atom. The summed E-state index contributed by atoms with van der Waals surface area (Å²) in [6, 6.07) is 10.8. The van der Waals surface area contributed by atoms with Gasteiger partial charge in [-0.15, -0.1) is 0 Å². The number of hydrogen-bond donors (Lipinski definition) is 1. The van der Waals surface area contributed by atoms with E-state index in [2.05, 4.69) is 22.4 Å². The Kier molecular flexibility index (Phi) is 2.30. The van der Waals surface area contributed by atoms with E-state index in [0.717, 1.165) is 31.1 Å². The second kappa shape index (κ2) is 3.80. The first-order chi connectivity index (χ1) is 7.88. The molecule has 2 aliphatic rings. The molecular weight excluding hydrogens is 198 g/mol. The van der Waals surface area contributed by atoms with Crippen LogP contribution < -0.4 is 10.2 Å². The summed E-state index contributed by atoms with van der Waals surface area (Å²) in [6.07, 6.45) is 1.27. The van der Waals surface area contributed by atoms with E-state index in [1.54, 1.807) is 0 Å². The van der Waals surface area contributed by atoms with Crippen molar-refractivity contribution in [2.45, 2.75) is 12.5 Å². The zero-order chi connectivity index (χ0) is 11.0. The first kappa shape index (κ1) is 9.68. The molecule has 2 unspecified atom stereocenters. The van der Waals surface area contributed by atoms with Crippen molar-refractivity contribution in [2.24, 2.45) is 5.92 Å². The van der Waals surface area contributed by atoms with E-state index in [4.69, 9.17) is 5.26 Å². The fourth-order valence-corrected chi connectivity index (χ4v) is 2.92. The molecule has 0 radical (unpaired) electrons. The number of fused-ring (bicyclic) bond motifs is 1. The van der Waals surface area contributed by atoms with Crippen LogP contribution in [0.25, 0.3) is 0 Å². The summed E-state index contributed by atoms with van der Waals surface area (Å²) in [6.45, 7) is 3.37. The fourth-order valence-electron chi connectivity index (χ4n) is 2.92. The zero-order valence-corrected chi connectivity index (χ0v) is 9.19. The summed E-state index contributed by atoms with van der Waals surface area (Å²) in [5.41, 5.74) is 1.96. The molecule has 3 rings (SSSR count). The maximum Gasteiger partial charge on any atom is 0.0992 e. The predicted octanol–water partition coefficient (Wildman–Crippen LogP) is 1.36. The molecule has 3 heteroatoms. The molecule has 3 nitrogen and oxygen atoms in total. The van der Waals surface area contributed by atoms with Crippen molar-refractivity contribution in [2.75, 3.05) is 24.5 Å². The van der Waals surface area contributed by atoms with E-state index >= 15 is 0 Å². The molecule has 2 heterocycles. The minimum absolute atomic E-state index is 0.633. The van der Waals surface area contributed by atoms with Gasteiger partial charge in [0.1, 0.15) is 0 Å². The highest BCUT2D eigenvalue weighted by atomic mass is 15.2. The van der Waals surface area contributed by atoms with Crippen molar-refractivity contribution in [3.63, 3.8) is 0 Å². The predicted molar refractivity (Wildman–Crippen MR) is 63.3 cm³/mol. The maximum absolute atomic E-state index is 8.91. The molecule has 0 bridgehead atoms. The van der Waals surface area contributed by atoms with Crippen molar-refractivity contribution in [3.05, 3.63) is 29.8 Å². The second-order valence-corrected chi connectivity index (χ2v) is 4.63. The number of nitrogens with one attached hydrogen (secondary N) is 1. The summed E-state index contributed by atoms with van der Waals surface area (Å²) in [4.78, 5) is 2.45. The molecule has 1 aromatic carbocycles. The van der Waals surface area contributed by atoms with Gasteiger partial charge in [0.05, 0.1) is 11.6 Å². The van der Waals surface area contributed by atoms with Crippen LogP contribution in [0.4, 0.5) is 5.69 Å². The Hall–Kier alpha value is -1.53. The topological polar surface area (TPSA) is 39.1 Å². The normalized spacial score (nSPS) is 27.8. The van der Waals surface area contributed by atoms with Crippen LogP contribution in [-0.4, -0.2) is 25.7 Å². The number of nitriles is 1. The highest BCUT2D eigenvalue weighted by molar-refractivity contribution is 5.53. The van der Waals surface area contributed by atoms with Gasteiger partial charge in [-0.05, 0) is 30.5 Å². The van der Waals surface area contributed by atoms with E-state index in [1.807, 2.05) is 18.2 Å². The van der Waals surface area contributed by atoms with Crippen LogP contribution >= 0.6 is 0 Å². The van der Waals surface area contributed by atoms with Gasteiger partial charge in [0.25, 0.3) is 0 Å². The van der Waals surface area contributed by atoms with Gasteiger partial charge in [-0.3, -0.25) is 0 Å². The van der Waals surface area contributed by atoms with E-state index < -0.39 is 0 Å². The fraction of sp³-hybridized carbons (Fsp3) is 0.462. The van der Waals surface area contributed by atoms with Crippen LogP contribution in [0.1, 0.15) is 12.0 Å². The van der Waals surface area contributed by atoms with Crippen LogP contribution in [-0.2, 0) is 0 Å². The Labute approximate surface area is 95.7 Å². The molecule has 0 aliphatic carbocycles. The van der Waals surface area contributed by atoms with Gasteiger partial charge in [-0.2, -0.15) is 5.26 Å². The average molecular weight is 213 g/mol. The third kappa shape index (κ3) is 1.46. The molecule has 0 aromatic heterocycles. The van der Waals surface area contributed by atoms with E-state index in [0.29, 0.717) is 6.04 Å². The molecule has 2 aliphatic heterocycles. The quantitative estimate of drug-likeness (QED) is 0.765. The highest BCUT2D eigenvalue weighted by Crippen LogP contribution is 2.32. The zero-order valence-electron chi connectivity index (χ0n) is 9.19. The molecule has 2 atom stereocenters. The molecule has 16 heavy (non-hydrogen) atoms. The first-order valence-corrected chi connectivity index (χ1v) is 5.86. The molecule has 82 valence electrons. The maximum atomic E-state index is 8.91. The molecule has 1 aromatic rings. The van der Waals surface area contributed by atoms with Gasteiger partial charge in [0, 0.05) is 31.4 Å². The van der Waals surface area contributed by atoms with Crippen LogP contribution in [0.2, 0.25) is 0 Å². The van der Waals surface area contributed by atoms with Gasteiger partial charge >= 0.3 is 0 Å². The number of hydrogen-bond acceptors (Lipinski definition) is 3. The van der Waals surface area contributed by atoms with Crippen molar-refractivity contribution in [3.8, 4) is 6.07 Å². The minimum Gasteiger partial charge on any atom is -0.367 e. The molecule has 2 fully saturated rings. The van der Waals surface area contributed by atoms with Crippen LogP contribution in [0.3, 0.4) is 0 Å². The Morgan fingerprint density at radius 3 is 3.19 bits per heavy atom. The molecule has 2 saturated heterocycles. The van der Waals surface area contributed by atoms with Crippen molar-refractivity contribution in [1.29, 1.82) is 5.26 Å². The Balaban J connectivity index is 1.89. The number of anilines is 1. The first-order valence-electron chi connectivity index (χ1n) is 5.86. The monoisotopic (exact) mass is 213 g/mol. The minimum atomic E-state index is 0.633. The third-order valence-corrected chi connectivity index (χ3v) is 3.75. The van der Waals surface area contributed by atoms with Gasteiger partial charge in [-0.1, -0.05) is 6.07 Å². The highest BCUT2D eigenvalue weighted by Gasteiger charge is 2.37. The van der Waals surface area contributed by atoms with Gasteiger partial charge < -0.3 is 10.2 Å². The van der Waals surface area contributed by atoms with Crippen LogP contribution in [0, 0.1) is 17.2 Å². The lowest BCUT2D eigenvalue weighted by atomic mass is 10.0. The lowest BCUT2D eigenvalue weighted by Gasteiger charge is -2.25. The largest absolute Gasteiger partial charge is 0.367 e. The van der Waals surface area contributed by atoms with Gasteiger partial charge in [0.2, 0.25) is 0 Å². The van der Waals surface area contributed by atoms with Crippen molar-refractivity contribution >= 4 is 5.69 Å². The second-order valence-electron chi connectivity index (χ2n) is 4.63. The van der Waals surface area contributed by atoms with Crippen LogP contribution in [0.15, 0.2) is 24.3 Å².